The molecule has 0 aromatic heterocycles. The zero-order valence-electron chi connectivity index (χ0n) is 7.83. The van der Waals surface area contributed by atoms with E-state index in [0.717, 1.165) is 12.1 Å². The standard InChI is InChI=1S/C8H10F2N2O2S/c1-4(11)5-2-6(9)8(7(10)3-5)12-15(13)14/h2-4,15H,11H2,1H3,(H,12,13,14)/t4-/m1/s1. The van der Waals surface area contributed by atoms with Gasteiger partial charge < -0.3 is 5.73 Å². The third-order valence-corrected chi connectivity index (χ3v) is 2.20. The molecular formula is C8H10F2N2O2S. The van der Waals surface area contributed by atoms with Crippen molar-refractivity contribution in [3.05, 3.63) is 29.3 Å². The molecule has 4 nitrogen and oxygen atoms in total. The molecule has 0 spiro atoms. The van der Waals surface area contributed by atoms with E-state index in [1.165, 1.54) is 0 Å². The van der Waals surface area contributed by atoms with E-state index in [1.807, 2.05) is 0 Å². The lowest BCUT2D eigenvalue weighted by molar-refractivity contribution is 0.581. The van der Waals surface area contributed by atoms with Gasteiger partial charge in [0.1, 0.15) is 5.69 Å². The van der Waals surface area contributed by atoms with Crippen molar-refractivity contribution in [1.29, 1.82) is 0 Å². The Labute approximate surface area is 87.2 Å². The molecule has 0 saturated carbocycles. The van der Waals surface area contributed by atoms with Crippen LogP contribution in [0.25, 0.3) is 0 Å². The van der Waals surface area contributed by atoms with Crippen LogP contribution in [0.1, 0.15) is 18.5 Å². The van der Waals surface area contributed by atoms with Crippen molar-refractivity contribution in [2.24, 2.45) is 5.73 Å². The summed E-state index contributed by atoms with van der Waals surface area (Å²) in [5.41, 5.74) is 5.01. The first-order chi connectivity index (χ1) is 6.91. The average Bonchev–Trinajstić information content (AvgIpc) is 2.10. The Morgan fingerprint density at radius 1 is 1.33 bits per heavy atom. The van der Waals surface area contributed by atoms with Gasteiger partial charge in [-0.05, 0) is 24.6 Å². The predicted octanol–water partition coefficient (Wildman–Crippen LogP) is 0.923. The summed E-state index contributed by atoms with van der Waals surface area (Å²) in [5, 5.41) is 0. The maximum absolute atomic E-state index is 13.2. The van der Waals surface area contributed by atoms with Crippen molar-refractivity contribution in [2.75, 3.05) is 4.72 Å². The van der Waals surface area contributed by atoms with Crippen molar-refractivity contribution >= 4 is 16.6 Å². The fraction of sp³-hybridized carbons (Fsp3) is 0.250. The minimum atomic E-state index is -3.10. The van der Waals surface area contributed by atoms with E-state index in [4.69, 9.17) is 5.73 Å². The van der Waals surface area contributed by atoms with Gasteiger partial charge in [0, 0.05) is 6.04 Å². The van der Waals surface area contributed by atoms with Gasteiger partial charge in [0.2, 0.25) is 10.9 Å². The van der Waals surface area contributed by atoms with Crippen LogP contribution in [0.5, 0.6) is 0 Å². The van der Waals surface area contributed by atoms with E-state index in [1.54, 1.807) is 11.6 Å². The normalized spacial score (nSPS) is 12.9. The fourth-order valence-electron chi connectivity index (χ4n) is 1.05. The number of hydrogen-bond acceptors (Lipinski definition) is 3. The first-order valence-electron chi connectivity index (χ1n) is 4.07. The van der Waals surface area contributed by atoms with Gasteiger partial charge in [-0.15, -0.1) is 0 Å². The number of hydrogen-bond donors (Lipinski definition) is 3. The van der Waals surface area contributed by atoms with Crippen LogP contribution in [0.2, 0.25) is 0 Å². The number of benzene rings is 1. The van der Waals surface area contributed by atoms with Crippen LogP contribution in [0, 0.1) is 11.6 Å². The molecule has 0 fully saturated rings. The predicted molar refractivity (Wildman–Crippen MR) is 52.9 cm³/mol. The largest absolute Gasteiger partial charge is 0.324 e. The van der Waals surface area contributed by atoms with Crippen molar-refractivity contribution in [2.45, 2.75) is 13.0 Å². The minimum absolute atomic E-state index is 0.261. The molecule has 1 rings (SSSR count). The summed E-state index contributed by atoms with van der Waals surface area (Å²) in [4.78, 5) is 0. The summed E-state index contributed by atoms with van der Waals surface area (Å²) in [6.45, 7) is 1.56. The highest BCUT2D eigenvalue weighted by atomic mass is 32.2. The number of anilines is 1. The van der Waals surface area contributed by atoms with Crippen LogP contribution >= 0.6 is 0 Å². The topological polar surface area (TPSA) is 72.2 Å². The fourth-order valence-corrected chi connectivity index (χ4v) is 1.45. The second-order valence-electron chi connectivity index (χ2n) is 3.02. The molecule has 0 aliphatic rings. The molecule has 1 aromatic carbocycles. The number of nitrogens with one attached hydrogen (secondary N) is 1. The van der Waals surface area contributed by atoms with Gasteiger partial charge >= 0.3 is 0 Å². The highest BCUT2D eigenvalue weighted by molar-refractivity contribution is 7.73. The molecule has 0 bridgehead atoms. The van der Waals surface area contributed by atoms with Gasteiger partial charge in [-0.2, -0.15) is 0 Å². The SMILES string of the molecule is C[C@@H](N)c1cc(F)c(N[SH](=O)=O)c(F)c1. The zero-order chi connectivity index (χ0) is 11.6. The Hall–Kier alpha value is -1.21. The molecule has 0 amide bonds. The van der Waals surface area contributed by atoms with Gasteiger partial charge in [0.15, 0.2) is 11.6 Å². The van der Waals surface area contributed by atoms with E-state index in [2.05, 4.69) is 0 Å². The van der Waals surface area contributed by atoms with E-state index in [-0.39, 0.29) is 5.56 Å². The number of halogens is 2. The molecule has 0 unspecified atom stereocenters. The molecule has 0 saturated heterocycles. The molecule has 3 N–H and O–H groups in total. The molecule has 84 valence electrons. The molecule has 1 aromatic rings. The Balaban J connectivity index is 3.20. The smallest absolute Gasteiger partial charge is 0.222 e. The third-order valence-electron chi connectivity index (χ3n) is 1.79. The molecular weight excluding hydrogens is 226 g/mol. The Bertz CT molecular complexity index is 415. The number of thiol groups is 1. The van der Waals surface area contributed by atoms with Gasteiger partial charge in [0.25, 0.3) is 0 Å². The second-order valence-corrected chi connectivity index (χ2v) is 3.75. The van der Waals surface area contributed by atoms with Crippen LogP contribution in [0.3, 0.4) is 0 Å². The third kappa shape index (κ3) is 2.87. The summed E-state index contributed by atoms with van der Waals surface area (Å²) in [7, 11) is -3.10. The molecule has 0 aliphatic carbocycles. The minimum Gasteiger partial charge on any atom is -0.324 e. The van der Waals surface area contributed by atoms with E-state index < -0.39 is 34.3 Å². The lowest BCUT2D eigenvalue weighted by atomic mass is 10.1. The summed E-state index contributed by atoms with van der Waals surface area (Å²) in [5.74, 6) is -1.97. The van der Waals surface area contributed by atoms with Crippen LogP contribution < -0.4 is 10.5 Å². The Morgan fingerprint density at radius 3 is 2.13 bits per heavy atom. The van der Waals surface area contributed by atoms with E-state index >= 15 is 0 Å². The van der Waals surface area contributed by atoms with Crippen molar-refractivity contribution < 1.29 is 17.2 Å². The lowest BCUT2D eigenvalue weighted by Crippen LogP contribution is -2.08. The molecule has 0 aliphatic heterocycles. The Morgan fingerprint density at radius 2 is 1.80 bits per heavy atom. The molecule has 0 heterocycles. The van der Waals surface area contributed by atoms with Crippen LogP contribution in [0.15, 0.2) is 12.1 Å². The van der Waals surface area contributed by atoms with Crippen molar-refractivity contribution in [1.82, 2.24) is 0 Å². The summed E-state index contributed by atoms with van der Waals surface area (Å²) < 4.78 is 48.6. The van der Waals surface area contributed by atoms with Crippen molar-refractivity contribution in [3.63, 3.8) is 0 Å². The monoisotopic (exact) mass is 236 g/mol. The van der Waals surface area contributed by atoms with E-state index in [9.17, 15) is 17.2 Å². The van der Waals surface area contributed by atoms with Gasteiger partial charge in [-0.3, -0.25) is 4.72 Å². The average molecular weight is 236 g/mol. The van der Waals surface area contributed by atoms with Crippen LogP contribution in [0.4, 0.5) is 14.5 Å². The quantitative estimate of drug-likeness (QED) is 0.683. The first-order valence-corrected chi connectivity index (χ1v) is 5.25. The summed E-state index contributed by atoms with van der Waals surface area (Å²) in [6, 6.07) is 1.47. The first kappa shape index (κ1) is 11.9. The lowest BCUT2D eigenvalue weighted by Gasteiger charge is -2.09. The highest BCUT2D eigenvalue weighted by Gasteiger charge is 2.13. The maximum atomic E-state index is 13.2. The van der Waals surface area contributed by atoms with Gasteiger partial charge in [-0.25, -0.2) is 17.2 Å². The second kappa shape index (κ2) is 4.54. The van der Waals surface area contributed by atoms with Crippen LogP contribution in [-0.4, -0.2) is 8.42 Å². The number of rotatable bonds is 3. The van der Waals surface area contributed by atoms with Crippen molar-refractivity contribution in [3.8, 4) is 0 Å². The molecule has 15 heavy (non-hydrogen) atoms. The zero-order valence-corrected chi connectivity index (χ0v) is 8.72. The van der Waals surface area contributed by atoms with Gasteiger partial charge in [-0.1, -0.05) is 0 Å². The van der Waals surface area contributed by atoms with E-state index in [0.29, 0.717) is 0 Å². The van der Waals surface area contributed by atoms with Crippen LogP contribution in [-0.2, 0) is 10.9 Å². The molecule has 7 heteroatoms. The summed E-state index contributed by atoms with van der Waals surface area (Å²) >= 11 is 0. The Kier molecular flexibility index (Phi) is 3.59. The molecule has 1 atom stereocenters. The number of nitrogens with two attached hydrogens (primary N) is 1. The maximum Gasteiger partial charge on any atom is 0.222 e. The van der Waals surface area contributed by atoms with Gasteiger partial charge in [0.05, 0.1) is 0 Å². The summed E-state index contributed by atoms with van der Waals surface area (Å²) in [6.07, 6.45) is 0. The highest BCUT2D eigenvalue weighted by Crippen LogP contribution is 2.23. The molecule has 0 radical (unpaired) electrons.